The van der Waals surface area contributed by atoms with Gasteiger partial charge in [0.25, 0.3) is 5.56 Å². The molecule has 1 heterocycles. The molecule has 0 amide bonds. The van der Waals surface area contributed by atoms with Crippen LogP contribution in [0.15, 0.2) is 37.2 Å². The Bertz CT molecular complexity index is 710. The molecule has 1 aromatic carbocycles. The number of nitrogens with zero attached hydrogens (tertiary/aromatic N) is 2. The number of H-pyrrole nitrogens is 1. The summed E-state index contributed by atoms with van der Waals surface area (Å²) in [4.78, 5) is 11.2. The molecule has 0 aliphatic carbocycles. The number of aromatic nitrogens is 2. The Labute approximate surface area is 135 Å². The topological polar surface area (TPSA) is 90.4 Å². The number of anilines is 1. The van der Waals surface area contributed by atoms with Gasteiger partial charge in [0, 0.05) is 0 Å². The van der Waals surface area contributed by atoms with E-state index in [1.807, 2.05) is 0 Å². The minimum Gasteiger partial charge on any atom is -0.506 e. The number of halogens is 3. The van der Waals surface area contributed by atoms with Crippen molar-refractivity contribution in [3.05, 3.63) is 48.2 Å². The van der Waals surface area contributed by atoms with Crippen LogP contribution in [0.4, 0.5) is 5.69 Å². The minimum absolute atomic E-state index is 0.0229. The highest BCUT2D eigenvalue weighted by Crippen LogP contribution is 2.32. The Balaban J connectivity index is 2.18. The van der Waals surface area contributed by atoms with Crippen LogP contribution in [0.25, 0.3) is 0 Å². The van der Waals surface area contributed by atoms with Gasteiger partial charge in [-0.2, -0.15) is 10.2 Å². The molecular weight excluding hydrogens is 415 g/mol. The quantitative estimate of drug-likeness (QED) is 0.524. The van der Waals surface area contributed by atoms with E-state index >= 15 is 0 Å². The van der Waals surface area contributed by atoms with Crippen LogP contribution in [0, 0.1) is 0 Å². The van der Waals surface area contributed by atoms with E-state index in [2.05, 4.69) is 52.6 Å². The molecule has 1 aromatic heterocycles. The average Bonchev–Trinajstić information content (AvgIpc) is 2.41. The number of rotatable bonds is 3. The van der Waals surface area contributed by atoms with Gasteiger partial charge in [-0.05, 0) is 49.6 Å². The van der Waals surface area contributed by atoms with Crippen molar-refractivity contribution in [1.82, 2.24) is 10.2 Å². The minimum atomic E-state index is -0.498. The van der Waals surface area contributed by atoms with Crippen LogP contribution >= 0.6 is 43.5 Å². The summed E-state index contributed by atoms with van der Waals surface area (Å²) in [5.41, 5.74) is 3.14. The Morgan fingerprint density at radius 2 is 2.05 bits per heavy atom. The van der Waals surface area contributed by atoms with E-state index in [-0.39, 0.29) is 10.8 Å². The highest BCUT2D eigenvalue weighted by atomic mass is 79.9. The predicted molar refractivity (Wildman–Crippen MR) is 84.6 cm³/mol. The fourth-order valence-electron chi connectivity index (χ4n) is 1.30. The summed E-state index contributed by atoms with van der Waals surface area (Å²) in [7, 11) is 0. The van der Waals surface area contributed by atoms with Gasteiger partial charge in [-0.25, -0.2) is 5.10 Å². The lowest BCUT2D eigenvalue weighted by atomic mass is 10.2. The molecule has 0 saturated carbocycles. The Kier molecular flexibility index (Phi) is 4.79. The number of aromatic amines is 1. The number of hydrogen-bond donors (Lipinski definition) is 3. The first kappa shape index (κ1) is 15.0. The Morgan fingerprint density at radius 1 is 1.40 bits per heavy atom. The van der Waals surface area contributed by atoms with Gasteiger partial charge in [0.05, 0.1) is 21.4 Å². The van der Waals surface area contributed by atoms with Crippen molar-refractivity contribution in [2.45, 2.75) is 0 Å². The third kappa shape index (κ3) is 3.38. The second-order valence-corrected chi connectivity index (χ2v) is 5.72. The van der Waals surface area contributed by atoms with E-state index in [0.29, 0.717) is 14.6 Å². The number of hydrazone groups is 1. The molecule has 0 saturated heterocycles. The van der Waals surface area contributed by atoms with E-state index in [9.17, 15) is 9.90 Å². The largest absolute Gasteiger partial charge is 0.506 e. The van der Waals surface area contributed by atoms with Crippen molar-refractivity contribution < 1.29 is 5.11 Å². The highest BCUT2D eigenvalue weighted by molar-refractivity contribution is 9.11. The second kappa shape index (κ2) is 6.38. The zero-order chi connectivity index (χ0) is 14.7. The van der Waals surface area contributed by atoms with Crippen LogP contribution in [-0.4, -0.2) is 21.5 Å². The maximum absolute atomic E-state index is 11.2. The normalized spacial score (nSPS) is 10.9. The van der Waals surface area contributed by atoms with Crippen LogP contribution < -0.4 is 11.0 Å². The van der Waals surface area contributed by atoms with Crippen molar-refractivity contribution in [2.75, 3.05) is 5.43 Å². The molecule has 0 aliphatic heterocycles. The van der Waals surface area contributed by atoms with Gasteiger partial charge in [0.1, 0.15) is 16.5 Å². The van der Waals surface area contributed by atoms with Crippen molar-refractivity contribution in [3.63, 3.8) is 0 Å². The van der Waals surface area contributed by atoms with Gasteiger partial charge < -0.3 is 5.11 Å². The zero-order valence-corrected chi connectivity index (χ0v) is 13.6. The SMILES string of the molecule is O=c1[nH]ncc(N/N=C/c2cc(Br)c(O)c(Br)c2)c1Cl. The third-order valence-corrected chi connectivity index (χ3v) is 3.82. The molecule has 0 unspecified atom stereocenters. The summed E-state index contributed by atoms with van der Waals surface area (Å²) in [6.07, 6.45) is 2.86. The summed E-state index contributed by atoms with van der Waals surface area (Å²) < 4.78 is 1.06. The van der Waals surface area contributed by atoms with Gasteiger partial charge in [-0.1, -0.05) is 11.6 Å². The van der Waals surface area contributed by atoms with Crippen LogP contribution in [0.3, 0.4) is 0 Å². The molecule has 6 nitrogen and oxygen atoms in total. The lowest BCUT2D eigenvalue weighted by Gasteiger charge is -2.03. The highest BCUT2D eigenvalue weighted by Gasteiger charge is 2.05. The number of phenols is 1. The zero-order valence-electron chi connectivity index (χ0n) is 9.69. The summed E-state index contributed by atoms with van der Waals surface area (Å²) in [5, 5.41) is 19.3. The van der Waals surface area contributed by atoms with E-state index < -0.39 is 5.56 Å². The fraction of sp³-hybridized carbons (Fsp3) is 0. The van der Waals surface area contributed by atoms with Crippen LogP contribution in [0.2, 0.25) is 5.02 Å². The smallest absolute Gasteiger partial charge is 0.285 e. The lowest BCUT2D eigenvalue weighted by molar-refractivity contribution is 0.468. The molecule has 0 atom stereocenters. The molecule has 2 aromatic rings. The predicted octanol–water partition coefficient (Wildman–Crippen LogP) is 3.10. The summed E-state index contributed by atoms with van der Waals surface area (Å²) in [5.74, 6) is 0.108. The maximum atomic E-state index is 11.2. The number of aromatic hydroxyl groups is 1. The number of nitrogens with one attached hydrogen (secondary N) is 2. The van der Waals surface area contributed by atoms with Crippen LogP contribution in [0.5, 0.6) is 5.75 Å². The first-order chi connectivity index (χ1) is 9.49. The first-order valence-corrected chi connectivity index (χ1v) is 7.15. The summed E-state index contributed by atoms with van der Waals surface area (Å²) in [6.45, 7) is 0. The summed E-state index contributed by atoms with van der Waals surface area (Å²) >= 11 is 12.2. The standard InChI is InChI=1S/C11H7Br2ClN4O2/c12-6-1-5(2-7(13)10(6)19)3-15-17-8-4-16-18-11(20)9(8)14/h1-4,19H,(H2,17,18,20)/b15-3+. The molecule has 0 radical (unpaired) electrons. The van der Waals surface area contributed by atoms with Crippen molar-refractivity contribution in [3.8, 4) is 5.75 Å². The third-order valence-electron chi connectivity index (χ3n) is 2.23. The molecule has 0 fully saturated rings. The number of phenolic OH excluding ortho intramolecular Hbond substituents is 1. The monoisotopic (exact) mass is 420 g/mol. The van der Waals surface area contributed by atoms with Crippen LogP contribution in [0.1, 0.15) is 5.56 Å². The molecule has 0 aliphatic rings. The van der Waals surface area contributed by atoms with E-state index in [1.165, 1.54) is 12.4 Å². The van der Waals surface area contributed by atoms with E-state index in [4.69, 9.17) is 11.6 Å². The molecule has 0 spiro atoms. The van der Waals surface area contributed by atoms with Gasteiger partial charge in [0.15, 0.2) is 0 Å². The summed E-state index contributed by atoms with van der Waals surface area (Å²) in [6, 6.07) is 3.37. The molecule has 3 N–H and O–H groups in total. The second-order valence-electron chi connectivity index (χ2n) is 3.63. The van der Waals surface area contributed by atoms with Gasteiger partial charge >= 0.3 is 0 Å². The van der Waals surface area contributed by atoms with Gasteiger partial charge in [0.2, 0.25) is 0 Å². The molecule has 20 heavy (non-hydrogen) atoms. The van der Waals surface area contributed by atoms with Crippen LogP contribution in [-0.2, 0) is 0 Å². The lowest BCUT2D eigenvalue weighted by Crippen LogP contribution is -2.10. The van der Waals surface area contributed by atoms with E-state index in [0.717, 1.165) is 5.56 Å². The maximum Gasteiger partial charge on any atom is 0.285 e. The molecule has 9 heteroatoms. The van der Waals surface area contributed by atoms with Crippen molar-refractivity contribution in [1.29, 1.82) is 0 Å². The van der Waals surface area contributed by atoms with E-state index in [1.54, 1.807) is 12.1 Å². The Hall–Kier alpha value is -1.38. The molecular formula is C11H7Br2ClN4O2. The Morgan fingerprint density at radius 3 is 2.70 bits per heavy atom. The number of hydrogen-bond acceptors (Lipinski definition) is 5. The molecule has 104 valence electrons. The van der Waals surface area contributed by atoms with Gasteiger partial charge in [-0.3, -0.25) is 10.2 Å². The average molecular weight is 422 g/mol. The fourth-order valence-corrected chi connectivity index (χ4v) is 2.65. The molecule has 0 bridgehead atoms. The van der Waals surface area contributed by atoms with Gasteiger partial charge in [-0.15, -0.1) is 0 Å². The first-order valence-electron chi connectivity index (χ1n) is 5.19. The number of benzene rings is 1. The van der Waals surface area contributed by atoms with Crippen molar-refractivity contribution >= 4 is 55.4 Å². The molecule has 2 rings (SSSR count). The van der Waals surface area contributed by atoms with Crippen molar-refractivity contribution in [2.24, 2.45) is 5.10 Å².